The Kier molecular flexibility index (Phi) is 3.64. The quantitative estimate of drug-likeness (QED) is 0.761. The van der Waals surface area contributed by atoms with E-state index in [1.54, 1.807) is 12.5 Å². The van der Waals surface area contributed by atoms with Gasteiger partial charge >= 0.3 is 0 Å². The monoisotopic (exact) mass is 350 g/mol. The standard InChI is InChI=1S/C21H22N2O3/c24-20(23-9-6-21(14-23)4-7-22-8-5-21)19-12-16-2-1-15(11-18(16)26-19)17-3-10-25-13-17/h1-3,10-13,22H,4-9,14H2. The van der Waals surface area contributed by atoms with Crippen LogP contribution in [0.3, 0.4) is 0 Å². The van der Waals surface area contributed by atoms with Gasteiger partial charge < -0.3 is 19.1 Å². The lowest BCUT2D eigenvalue weighted by atomic mass is 9.78. The normalized spacial score (nSPS) is 19.5. The smallest absolute Gasteiger partial charge is 0.289 e. The third-order valence-corrected chi connectivity index (χ3v) is 5.98. The average molecular weight is 350 g/mol. The molecule has 1 spiro atoms. The average Bonchev–Trinajstić information content (AvgIpc) is 3.41. The number of hydrogen-bond donors (Lipinski definition) is 1. The maximum atomic E-state index is 13.0. The summed E-state index contributed by atoms with van der Waals surface area (Å²) in [7, 11) is 0. The van der Waals surface area contributed by atoms with Crippen molar-refractivity contribution < 1.29 is 13.6 Å². The molecule has 1 amide bonds. The van der Waals surface area contributed by atoms with Gasteiger partial charge in [0.2, 0.25) is 0 Å². The molecule has 0 unspecified atom stereocenters. The van der Waals surface area contributed by atoms with E-state index in [0.717, 1.165) is 67.5 Å². The molecule has 2 aliphatic heterocycles. The molecular weight excluding hydrogens is 328 g/mol. The van der Waals surface area contributed by atoms with Gasteiger partial charge in [-0.3, -0.25) is 4.79 Å². The highest BCUT2D eigenvalue weighted by atomic mass is 16.3. The van der Waals surface area contributed by atoms with Gasteiger partial charge in [-0.25, -0.2) is 0 Å². The molecule has 2 aliphatic rings. The van der Waals surface area contributed by atoms with Crippen molar-refractivity contribution in [2.45, 2.75) is 19.3 Å². The number of benzene rings is 1. The number of nitrogens with one attached hydrogen (secondary N) is 1. The molecule has 5 heteroatoms. The summed E-state index contributed by atoms with van der Waals surface area (Å²) < 4.78 is 11.1. The number of hydrogen-bond acceptors (Lipinski definition) is 4. The second-order valence-electron chi connectivity index (χ2n) is 7.60. The summed E-state index contributed by atoms with van der Waals surface area (Å²) >= 11 is 0. The van der Waals surface area contributed by atoms with Gasteiger partial charge in [0.1, 0.15) is 5.58 Å². The van der Waals surface area contributed by atoms with Crippen LogP contribution >= 0.6 is 0 Å². The van der Waals surface area contributed by atoms with Crippen molar-refractivity contribution in [1.82, 2.24) is 10.2 Å². The first kappa shape index (κ1) is 15.7. The maximum absolute atomic E-state index is 13.0. The number of piperidine rings is 1. The minimum Gasteiger partial charge on any atom is -0.472 e. The summed E-state index contributed by atoms with van der Waals surface area (Å²) in [5, 5.41) is 4.37. The highest BCUT2D eigenvalue weighted by Crippen LogP contribution is 2.39. The van der Waals surface area contributed by atoms with Crippen molar-refractivity contribution >= 4 is 16.9 Å². The minimum absolute atomic E-state index is 0.0152. The van der Waals surface area contributed by atoms with Crippen LogP contribution in [-0.4, -0.2) is 37.0 Å². The zero-order chi connectivity index (χ0) is 17.6. The predicted molar refractivity (Wildman–Crippen MR) is 99.0 cm³/mol. The lowest BCUT2D eigenvalue weighted by molar-refractivity contribution is 0.0733. The van der Waals surface area contributed by atoms with E-state index in [0.29, 0.717) is 11.2 Å². The van der Waals surface area contributed by atoms with Crippen molar-refractivity contribution in [2.24, 2.45) is 5.41 Å². The Hall–Kier alpha value is -2.53. The summed E-state index contributed by atoms with van der Waals surface area (Å²) in [6, 6.07) is 9.77. The van der Waals surface area contributed by atoms with E-state index >= 15 is 0 Å². The molecule has 0 atom stereocenters. The molecular formula is C21H22N2O3. The Morgan fingerprint density at radius 1 is 1.08 bits per heavy atom. The second kappa shape index (κ2) is 6.02. The predicted octanol–water partition coefficient (Wildman–Crippen LogP) is 3.91. The number of likely N-dealkylation sites (tertiary alicyclic amines) is 1. The lowest BCUT2D eigenvalue weighted by Crippen LogP contribution is -2.39. The number of nitrogens with zero attached hydrogens (tertiary/aromatic N) is 1. The van der Waals surface area contributed by atoms with Crippen LogP contribution in [0, 0.1) is 5.41 Å². The molecule has 2 aromatic heterocycles. The fourth-order valence-electron chi connectivity index (χ4n) is 4.37. The summed E-state index contributed by atoms with van der Waals surface area (Å²) in [5.41, 5.74) is 3.07. The van der Waals surface area contributed by atoms with E-state index in [1.165, 1.54) is 0 Å². The van der Waals surface area contributed by atoms with Gasteiger partial charge in [-0.15, -0.1) is 0 Å². The molecule has 0 saturated carbocycles. The molecule has 5 rings (SSSR count). The Bertz CT molecular complexity index is 935. The van der Waals surface area contributed by atoms with Gasteiger partial charge in [-0.2, -0.15) is 0 Å². The van der Waals surface area contributed by atoms with Gasteiger partial charge in [0.15, 0.2) is 5.76 Å². The molecule has 0 radical (unpaired) electrons. The van der Waals surface area contributed by atoms with Crippen LogP contribution in [0.5, 0.6) is 0 Å². The Labute approximate surface area is 152 Å². The van der Waals surface area contributed by atoms with Crippen molar-refractivity contribution in [3.63, 3.8) is 0 Å². The Morgan fingerprint density at radius 3 is 2.77 bits per heavy atom. The van der Waals surface area contributed by atoms with Crippen molar-refractivity contribution in [2.75, 3.05) is 26.2 Å². The van der Waals surface area contributed by atoms with E-state index < -0.39 is 0 Å². The van der Waals surface area contributed by atoms with Gasteiger partial charge in [-0.05, 0) is 61.5 Å². The lowest BCUT2D eigenvalue weighted by Gasteiger charge is -2.33. The van der Waals surface area contributed by atoms with E-state index in [1.807, 2.05) is 35.2 Å². The fourth-order valence-corrected chi connectivity index (χ4v) is 4.37. The zero-order valence-corrected chi connectivity index (χ0v) is 14.7. The van der Waals surface area contributed by atoms with Crippen LogP contribution < -0.4 is 5.32 Å². The first-order valence-corrected chi connectivity index (χ1v) is 9.29. The number of fused-ring (bicyclic) bond motifs is 1. The van der Waals surface area contributed by atoms with Gasteiger partial charge in [0.05, 0.1) is 12.5 Å². The third kappa shape index (κ3) is 2.63. The molecule has 5 nitrogen and oxygen atoms in total. The first-order chi connectivity index (χ1) is 12.7. The minimum atomic E-state index is 0.0152. The summed E-state index contributed by atoms with van der Waals surface area (Å²) in [6.07, 6.45) is 6.78. The topological polar surface area (TPSA) is 58.6 Å². The van der Waals surface area contributed by atoms with Crippen LogP contribution in [0.2, 0.25) is 0 Å². The van der Waals surface area contributed by atoms with Crippen LogP contribution in [-0.2, 0) is 0 Å². The summed E-state index contributed by atoms with van der Waals surface area (Å²) in [6.45, 7) is 3.80. The number of amides is 1. The zero-order valence-electron chi connectivity index (χ0n) is 14.7. The van der Waals surface area contributed by atoms with E-state index in [9.17, 15) is 4.79 Å². The van der Waals surface area contributed by atoms with Crippen molar-refractivity contribution in [1.29, 1.82) is 0 Å². The third-order valence-electron chi connectivity index (χ3n) is 5.98. The maximum Gasteiger partial charge on any atom is 0.289 e. The number of rotatable bonds is 2. The molecule has 26 heavy (non-hydrogen) atoms. The van der Waals surface area contributed by atoms with Crippen molar-refractivity contribution in [3.05, 3.63) is 48.6 Å². The van der Waals surface area contributed by atoms with Gasteiger partial charge in [-0.1, -0.05) is 12.1 Å². The fraction of sp³-hybridized carbons (Fsp3) is 0.381. The molecule has 2 saturated heterocycles. The highest BCUT2D eigenvalue weighted by Gasteiger charge is 2.41. The van der Waals surface area contributed by atoms with Crippen LogP contribution in [0.4, 0.5) is 0 Å². The Morgan fingerprint density at radius 2 is 1.96 bits per heavy atom. The number of carbonyl (C=O) groups is 1. The molecule has 0 bridgehead atoms. The van der Waals surface area contributed by atoms with E-state index in [-0.39, 0.29) is 5.91 Å². The van der Waals surface area contributed by atoms with E-state index in [4.69, 9.17) is 8.83 Å². The first-order valence-electron chi connectivity index (χ1n) is 9.29. The number of carbonyl (C=O) groups excluding carboxylic acids is 1. The molecule has 2 fully saturated rings. The van der Waals surface area contributed by atoms with Gasteiger partial charge in [0.25, 0.3) is 5.91 Å². The van der Waals surface area contributed by atoms with Crippen LogP contribution in [0.1, 0.15) is 29.8 Å². The largest absolute Gasteiger partial charge is 0.472 e. The molecule has 3 aromatic rings. The molecule has 1 N–H and O–H groups in total. The SMILES string of the molecule is O=C(c1cc2ccc(-c3ccoc3)cc2o1)N1CCC2(CCNCC2)C1. The summed E-state index contributed by atoms with van der Waals surface area (Å²) in [4.78, 5) is 14.9. The van der Waals surface area contributed by atoms with Crippen LogP contribution in [0.25, 0.3) is 22.1 Å². The Balaban J connectivity index is 1.39. The van der Waals surface area contributed by atoms with E-state index in [2.05, 4.69) is 5.32 Å². The second-order valence-corrected chi connectivity index (χ2v) is 7.60. The molecule has 134 valence electrons. The number of furan rings is 2. The molecule has 0 aliphatic carbocycles. The highest BCUT2D eigenvalue weighted by molar-refractivity contribution is 5.97. The molecule has 4 heterocycles. The van der Waals surface area contributed by atoms with Crippen LogP contribution in [0.15, 0.2) is 51.7 Å². The van der Waals surface area contributed by atoms with Crippen molar-refractivity contribution in [3.8, 4) is 11.1 Å². The summed E-state index contributed by atoms with van der Waals surface area (Å²) in [5.74, 6) is 0.455. The molecule has 1 aromatic carbocycles. The van der Waals surface area contributed by atoms with Gasteiger partial charge in [0, 0.05) is 24.0 Å².